The second-order valence-electron chi connectivity index (χ2n) is 11.6. The molecular weight excluding hydrogens is 573 g/mol. The van der Waals surface area contributed by atoms with Crippen LogP contribution in [0.15, 0.2) is 212 Å². The summed E-state index contributed by atoms with van der Waals surface area (Å²) in [5, 5.41) is 7.24. The van der Waals surface area contributed by atoms with Gasteiger partial charge in [0.15, 0.2) is 7.59 Å². The van der Waals surface area contributed by atoms with Gasteiger partial charge in [-0.25, -0.2) is 0 Å². The minimum Gasteiger partial charge on any atom is -0.0628 e. The highest BCUT2D eigenvalue weighted by atomic mass is 29.3. The zero-order valence-electron chi connectivity index (χ0n) is 25.3. The molecule has 0 radical (unpaired) electrons. The van der Waals surface area contributed by atoms with Crippen LogP contribution in [0.4, 0.5) is 0 Å². The molecule has 0 aromatic heterocycles. The summed E-state index contributed by atoms with van der Waals surface area (Å²) in [4.78, 5) is 0. The van der Waals surface area contributed by atoms with Gasteiger partial charge in [0.1, 0.15) is 7.59 Å². The molecule has 0 aliphatic carbocycles. The average Bonchev–Trinajstić information content (AvgIpc) is 3.14. The van der Waals surface area contributed by atoms with E-state index in [1.807, 2.05) is 0 Å². The van der Waals surface area contributed by atoms with Crippen molar-refractivity contribution in [2.45, 2.75) is 5.54 Å². The standard InChI is InChI=1S/C43H36Si2/c1-8-22-36(23-9-1)43(37-24-10-2-11-25-37)45(41-32-18-6-19-33-41,42-34-20-7-21-35-42)44(38-26-12-3-13-27-38,39-28-14-4-15-29-39)40-30-16-5-17-31-40/h1-35,43H. The highest BCUT2D eigenvalue weighted by Gasteiger charge is 2.64. The molecule has 0 aliphatic rings. The second-order valence-corrected chi connectivity index (χ2v) is 22.8. The van der Waals surface area contributed by atoms with Gasteiger partial charge in [0.25, 0.3) is 0 Å². The maximum absolute atomic E-state index is 3.02. The fourth-order valence-electron chi connectivity index (χ4n) is 7.78. The molecule has 7 rings (SSSR count). The Labute approximate surface area is 269 Å². The minimum atomic E-state index is -3.02. The van der Waals surface area contributed by atoms with Crippen molar-refractivity contribution in [3.8, 4) is 0 Å². The van der Waals surface area contributed by atoms with E-state index in [4.69, 9.17) is 0 Å². The third kappa shape index (κ3) is 4.93. The largest absolute Gasteiger partial charge is 0.150 e. The molecule has 7 aromatic rings. The van der Waals surface area contributed by atoms with Gasteiger partial charge in [-0.2, -0.15) is 0 Å². The predicted octanol–water partition coefficient (Wildman–Crippen LogP) is 6.87. The van der Waals surface area contributed by atoms with Crippen molar-refractivity contribution in [2.24, 2.45) is 0 Å². The van der Waals surface area contributed by atoms with Gasteiger partial charge in [0, 0.05) is 5.54 Å². The van der Waals surface area contributed by atoms with Crippen LogP contribution in [0.3, 0.4) is 0 Å². The molecule has 0 spiro atoms. The van der Waals surface area contributed by atoms with Crippen LogP contribution in [-0.4, -0.2) is 15.2 Å². The van der Waals surface area contributed by atoms with Crippen molar-refractivity contribution >= 4 is 41.1 Å². The molecule has 0 heterocycles. The Balaban J connectivity index is 1.81. The van der Waals surface area contributed by atoms with Crippen molar-refractivity contribution in [3.05, 3.63) is 223 Å². The van der Waals surface area contributed by atoms with E-state index < -0.39 is 15.2 Å². The minimum absolute atomic E-state index is 0.122. The van der Waals surface area contributed by atoms with Gasteiger partial charge in [-0.3, -0.25) is 0 Å². The number of benzene rings is 7. The molecule has 216 valence electrons. The molecule has 0 N–H and O–H groups in total. The first-order valence-corrected chi connectivity index (χ1v) is 20.8. The molecule has 0 unspecified atom stereocenters. The van der Waals surface area contributed by atoms with Crippen molar-refractivity contribution in [2.75, 3.05) is 0 Å². The zero-order chi connectivity index (χ0) is 30.4. The number of hydrogen-bond acceptors (Lipinski definition) is 0. The summed E-state index contributed by atoms with van der Waals surface area (Å²) in [7, 11) is -6.00. The van der Waals surface area contributed by atoms with Crippen LogP contribution in [0.2, 0.25) is 0 Å². The van der Waals surface area contributed by atoms with Gasteiger partial charge in [-0.15, -0.1) is 0 Å². The highest BCUT2D eigenvalue weighted by molar-refractivity contribution is 7.64. The molecule has 45 heavy (non-hydrogen) atoms. The molecule has 0 amide bonds. The summed E-state index contributed by atoms with van der Waals surface area (Å²) < 4.78 is 0. The third-order valence-corrected chi connectivity index (χ3v) is 26.9. The molecule has 0 nitrogen and oxygen atoms in total. The van der Waals surface area contributed by atoms with E-state index in [0.29, 0.717) is 0 Å². The van der Waals surface area contributed by atoms with Crippen molar-refractivity contribution in [1.82, 2.24) is 0 Å². The lowest BCUT2D eigenvalue weighted by Gasteiger charge is -2.54. The Morgan fingerprint density at radius 2 is 0.467 bits per heavy atom. The lowest BCUT2D eigenvalue weighted by atomic mass is 10.0. The van der Waals surface area contributed by atoms with E-state index in [1.165, 1.54) is 37.1 Å². The van der Waals surface area contributed by atoms with Gasteiger partial charge in [0.2, 0.25) is 0 Å². The van der Waals surface area contributed by atoms with Gasteiger partial charge >= 0.3 is 0 Å². The molecule has 2 heteroatoms. The van der Waals surface area contributed by atoms with Crippen LogP contribution in [-0.2, 0) is 0 Å². The fourth-order valence-corrected chi connectivity index (χ4v) is 28.8. The third-order valence-electron chi connectivity index (χ3n) is 9.37. The number of hydrogen-bond donors (Lipinski definition) is 0. The zero-order valence-corrected chi connectivity index (χ0v) is 27.3. The summed E-state index contributed by atoms with van der Waals surface area (Å²) in [6.07, 6.45) is 0. The summed E-state index contributed by atoms with van der Waals surface area (Å²) in [6.45, 7) is 0. The van der Waals surface area contributed by atoms with Gasteiger partial charge in [-0.1, -0.05) is 238 Å². The molecular formula is C43H36Si2. The summed E-state index contributed by atoms with van der Waals surface area (Å²) >= 11 is 0. The van der Waals surface area contributed by atoms with Crippen molar-refractivity contribution in [3.63, 3.8) is 0 Å². The van der Waals surface area contributed by atoms with E-state index in [0.717, 1.165) is 0 Å². The van der Waals surface area contributed by atoms with Crippen LogP contribution < -0.4 is 25.9 Å². The van der Waals surface area contributed by atoms with E-state index in [9.17, 15) is 0 Å². The van der Waals surface area contributed by atoms with Crippen LogP contribution in [0.1, 0.15) is 16.7 Å². The molecule has 0 bridgehead atoms. The Hall–Kier alpha value is -5.03. The molecule has 0 fully saturated rings. The van der Waals surface area contributed by atoms with Crippen molar-refractivity contribution in [1.29, 1.82) is 0 Å². The summed E-state index contributed by atoms with van der Waals surface area (Å²) in [5.74, 6) is 0. The first kappa shape index (κ1) is 28.7. The van der Waals surface area contributed by atoms with Crippen LogP contribution in [0.5, 0.6) is 0 Å². The molecule has 0 aliphatic heterocycles. The SMILES string of the molecule is c1ccc(C(c2ccccc2)[Si](c2ccccc2)(c2ccccc2)[Si](c2ccccc2)(c2ccccc2)c2ccccc2)cc1. The lowest BCUT2D eigenvalue weighted by Crippen LogP contribution is -2.92. The van der Waals surface area contributed by atoms with E-state index in [2.05, 4.69) is 212 Å². The van der Waals surface area contributed by atoms with E-state index in [-0.39, 0.29) is 5.54 Å². The summed E-state index contributed by atoms with van der Waals surface area (Å²) in [5.41, 5.74) is 2.85. The normalized spacial score (nSPS) is 11.8. The second kappa shape index (κ2) is 12.9. The Bertz CT molecular complexity index is 1740. The van der Waals surface area contributed by atoms with Gasteiger partial charge in [0.05, 0.1) is 0 Å². The highest BCUT2D eigenvalue weighted by Crippen LogP contribution is 2.39. The molecule has 7 aromatic carbocycles. The van der Waals surface area contributed by atoms with Crippen molar-refractivity contribution < 1.29 is 0 Å². The van der Waals surface area contributed by atoms with Crippen LogP contribution >= 0.6 is 0 Å². The fraction of sp³-hybridized carbons (Fsp3) is 0.0233. The van der Waals surface area contributed by atoms with E-state index >= 15 is 0 Å². The maximum atomic E-state index is 2.44. The average molecular weight is 609 g/mol. The first-order valence-electron chi connectivity index (χ1n) is 15.7. The van der Waals surface area contributed by atoms with Gasteiger partial charge < -0.3 is 0 Å². The summed E-state index contributed by atoms with van der Waals surface area (Å²) in [6, 6.07) is 80.3. The predicted molar refractivity (Wildman–Crippen MR) is 197 cm³/mol. The molecule has 0 atom stereocenters. The topological polar surface area (TPSA) is 0 Å². The Kier molecular flexibility index (Phi) is 8.24. The van der Waals surface area contributed by atoms with E-state index in [1.54, 1.807) is 0 Å². The first-order chi connectivity index (χ1) is 22.4. The lowest BCUT2D eigenvalue weighted by molar-refractivity contribution is 1.10. The van der Waals surface area contributed by atoms with Crippen LogP contribution in [0.25, 0.3) is 0 Å². The van der Waals surface area contributed by atoms with Gasteiger partial charge in [-0.05, 0) is 11.1 Å². The Morgan fingerprint density at radius 3 is 0.733 bits per heavy atom. The molecule has 0 saturated carbocycles. The Morgan fingerprint density at radius 1 is 0.244 bits per heavy atom. The monoisotopic (exact) mass is 608 g/mol. The number of rotatable bonds is 9. The van der Waals surface area contributed by atoms with Crippen LogP contribution in [0, 0.1) is 0 Å². The maximum Gasteiger partial charge on any atom is 0.150 e. The smallest absolute Gasteiger partial charge is 0.0628 e. The quantitative estimate of drug-likeness (QED) is 0.124. The molecule has 0 saturated heterocycles.